The lowest BCUT2D eigenvalue weighted by Gasteiger charge is -2.21. The first-order valence-corrected chi connectivity index (χ1v) is 14.3. The van der Waals surface area contributed by atoms with E-state index in [0.717, 1.165) is 83.0 Å². The first kappa shape index (κ1) is 20.3. The van der Waals surface area contributed by atoms with Crippen molar-refractivity contribution in [3.8, 4) is 0 Å². The van der Waals surface area contributed by atoms with Crippen LogP contribution in [0, 0.1) is 0 Å². The Hall–Kier alpha value is -2.10. The molecule has 5 heterocycles. The Morgan fingerprint density at radius 2 is 0.818 bits per heavy atom. The highest BCUT2D eigenvalue weighted by atomic mass is 32.1. The highest BCUT2D eigenvalue weighted by Crippen LogP contribution is 2.48. The van der Waals surface area contributed by atoms with E-state index < -0.39 is 0 Å². The lowest BCUT2D eigenvalue weighted by Crippen LogP contribution is -2.31. The number of fused-ring (bicyclic) bond motifs is 7. The van der Waals surface area contributed by atoms with Crippen molar-refractivity contribution in [2.24, 2.45) is 0 Å². The SMILES string of the molecule is O=c1c2sc3c4sc5c(=O)n(C6CCCCC6)c(=O)c5c4sc3c2c(=O)n1C1CCCCC1. The van der Waals surface area contributed by atoms with Gasteiger partial charge in [0.15, 0.2) is 0 Å². The Bertz CT molecular complexity index is 1640. The molecule has 2 saturated carbocycles. The molecule has 7 rings (SSSR count). The Labute approximate surface area is 199 Å². The Kier molecular flexibility index (Phi) is 4.43. The molecule has 5 aromatic rings. The molecule has 0 atom stereocenters. The van der Waals surface area contributed by atoms with Gasteiger partial charge in [0, 0.05) is 12.1 Å². The third-order valence-corrected chi connectivity index (χ3v) is 11.7. The second kappa shape index (κ2) is 7.20. The molecule has 0 N–H and O–H groups in total. The maximum atomic E-state index is 13.4. The standard InChI is InChI=1S/C24H22N2O4S3/c27-21-13-15-19(32-17(13)23(29)25(21)11-7-3-1-4-8-11)20-16(31-15)14-18(33-20)24(30)26(22(14)28)12-9-5-2-6-10-12/h11-12H,1-10H2. The van der Waals surface area contributed by atoms with Crippen molar-refractivity contribution in [2.45, 2.75) is 76.3 Å². The Morgan fingerprint density at radius 3 is 1.21 bits per heavy atom. The predicted molar refractivity (Wildman–Crippen MR) is 138 cm³/mol. The van der Waals surface area contributed by atoms with E-state index in [-0.39, 0.29) is 34.3 Å². The monoisotopic (exact) mass is 498 g/mol. The van der Waals surface area contributed by atoms with Gasteiger partial charge in [0.25, 0.3) is 22.2 Å². The predicted octanol–water partition coefficient (Wildman–Crippen LogP) is 5.41. The molecule has 0 aliphatic heterocycles. The number of thiophene rings is 3. The van der Waals surface area contributed by atoms with Crippen LogP contribution in [0.1, 0.15) is 76.3 Å². The normalized spacial score (nSPS) is 19.2. The minimum Gasteiger partial charge on any atom is -0.270 e. The van der Waals surface area contributed by atoms with Crippen LogP contribution in [-0.2, 0) is 0 Å². The van der Waals surface area contributed by atoms with Gasteiger partial charge in [-0.15, -0.1) is 34.0 Å². The van der Waals surface area contributed by atoms with Crippen molar-refractivity contribution in [3.05, 3.63) is 41.4 Å². The molecule has 2 aliphatic carbocycles. The summed E-state index contributed by atoms with van der Waals surface area (Å²) >= 11 is 4.14. The first-order chi connectivity index (χ1) is 16.1. The van der Waals surface area contributed by atoms with E-state index in [1.165, 1.54) is 43.1 Å². The van der Waals surface area contributed by atoms with Gasteiger partial charge in [-0.2, -0.15) is 0 Å². The lowest BCUT2D eigenvalue weighted by atomic mass is 9.95. The second-order valence-corrected chi connectivity index (χ2v) is 12.6. The summed E-state index contributed by atoms with van der Waals surface area (Å²) in [5, 5.41) is 1.04. The van der Waals surface area contributed by atoms with E-state index in [0.29, 0.717) is 20.2 Å². The van der Waals surface area contributed by atoms with Gasteiger partial charge >= 0.3 is 0 Å². The van der Waals surface area contributed by atoms with Crippen molar-refractivity contribution in [3.63, 3.8) is 0 Å². The summed E-state index contributed by atoms with van der Waals surface area (Å²) in [6.07, 6.45) is 10.1. The van der Waals surface area contributed by atoms with Crippen molar-refractivity contribution in [2.75, 3.05) is 0 Å². The fraction of sp³-hybridized carbons (Fsp3) is 0.500. The van der Waals surface area contributed by atoms with Crippen LogP contribution in [0.25, 0.3) is 39.0 Å². The smallest absolute Gasteiger partial charge is 0.270 e. The fourth-order valence-corrected chi connectivity index (χ4v) is 10.4. The van der Waals surface area contributed by atoms with Gasteiger partial charge in [-0.05, 0) is 25.7 Å². The molecule has 5 aromatic heterocycles. The average molecular weight is 499 g/mol. The fourth-order valence-electron chi connectivity index (χ4n) is 6.10. The van der Waals surface area contributed by atoms with Gasteiger partial charge in [0.1, 0.15) is 9.40 Å². The van der Waals surface area contributed by atoms with E-state index in [4.69, 9.17) is 0 Å². The van der Waals surface area contributed by atoms with Crippen LogP contribution in [0.4, 0.5) is 0 Å². The third-order valence-electron chi connectivity index (χ3n) is 7.71. The molecular weight excluding hydrogens is 476 g/mol. The number of nitrogens with zero attached hydrogens (tertiary/aromatic N) is 2. The number of rotatable bonds is 2. The van der Waals surface area contributed by atoms with Crippen LogP contribution in [0.2, 0.25) is 0 Å². The Morgan fingerprint density at radius 1 is 0.455 bits per heavy atom. The molecule has 170 valence electrons. The average Bonchev–Trinajstić information content (AvgIpc) is 3.56. The molecule has 0 amide bonds. The zero-order valence-corrected chi connectivity index (χ0v) is 20.4. The van der Waals surface area contributed by atoms with Crippen molar-refractivity contribution in [1.82, 2.24) is 9.13 Å². The van der Waals surface area contributed by atoms with Crippen LogP contribution in [0.5, 0.6) is 0 Å². The first-order valence-electron chi connectivity index (χ1n) is 11.8. The Balaban J connectivity index is 1.48. The van der Waals surface area contributed by atoms with Gasteiger partial charge in [-0.25, -0.2) is 0 Å². The summed E-state index contributed by atoms with van der Waals surface area (Å²) in [6, 6.07) is 0.00366. The van der Waals surface area contributed by atoms with Crippen LogP contribution in [0.3, 0.4) is 0 Å². The number of hydrogen-bond donors (Lipinski definition) is 0. The molecule has 0 spiro atoms. The minimum absolute atomic E-state index is 0.00183. The highest BCUT2D eigenvalue weighted by Gasteiger charge is 2.30. The molecular formula is C24H22N2O4S3. The van der Waals surface area contributed by atoms with Crippen LogP contribution >= 0.6 is 34.0 Å². The molecule has 0 radical (unpaired) electrons. The van der Waals surface area contributed by atoms with E-state index in [9.17, 15) is 19.2 Å². The van der Waals surface area contributed by atoms with Crippen molar-refractivity contribution < 1.29 is 0 Å². The van der Waals surface area contributed by atoms with Gasteiger partial charge in [0.05, 0.1) is 29.6 Å². The van der Waals surface area contributed by atoms with Crippen LogP contribution in [-0.4, -0.2) is 9.13 Å². The molecule has 0 saturated heterocycles. The van der Waals surface area contributed by atoms with E-state index in [1.54, 1.807) is 0 Å². The van der Waals surface area contributed by atoms with Gasteiger partial charge in [0.2, 0.25) is 0 Å². The summed E-state index contributed by atoms with van der Waals surface area (Å²) in [7, 11) is 0. The third kappa shape index (κ3) is 2.64. The van der Waals surface area contributed by atoms with E-state index >= 15 is 0 Å². The molecule has 0 aromatic carbocycles. The summed E-state index contributed by atoms with van der Waals surface area (Å²) in [5.74, 6) is 0. The van der Waals surface area contributed by atoms with Crippen molar-refractivity contribution in [1.29, 1.82) is 0 Å². The zero-order chi connectivity index (χ0) is 22.4. The van der Waals surface area contributed by atoms with Gasteiger partial charge < -0.3 is 0 Å². The van der Waals surface area contributed by atoms with Crippen molar-refractivity contribution >= 4 is 73.0 Å². The van der Waals surface area contributed by atoms with Gasteiger partial charge in [-0.3, -0.25) is 28.3 Å². The summed E-state index contributed by atoms with van der Waals surface area (Å²) < 4.78 is 7.45. The maximum Gasteiger partial charge on any atom is 0.271 e. The molecule has 9 heteroatoms. The largest absolute Gasteiger partial charge is 0.271 e. The molecule has 6 nitrogen and oxygen atoms in total. The summed E-state index contributed by atoms with van der Waals surface area (Å²) in [4.78, 5) is 53.1. The number of aromatic nitrogens is 2. The summed E-state index contributed by atoms with van der Waals surface area (Å²) in [6.45, 7) is 0. The topological polar surface area (TPSA) is 78.1 Å². The van der Waals surface area contributed by atoms with E-state index in [2.05, 4.69) is 0 Å². The van der Waals surface area contributed by atoms with Crippen LogP contribution < -0.4 is 22.2 Å². The molecule has 0 bridgehead atoms. The maximum absolute atomic E-state index is 13.4. The van der Waals surface area contributed by atoms with Crippen LogP contribution in [0.15, 0.2) is 19.2 Å². The quantitative estimate of drug-likeness (QED) is 0.326. The number of hydrogen-bond acceptors (Lipinski definition) is 7. The highest BCUT2D eigenvalue weighted by molar-refractivity contribution is 7.43. The van der Waals surface area contributed by atoms with E-state index in [1.807, 2.05) is 0 Å². The molecule has 33 heavy (non-hydrogen) atoms. The zero-order valence-electron chi connectivity index (χ0n) is 18.0. The molecule has 0 unspecified atom stereocenters. The lowest BCUT2D eigenvalue weighted by molar-refractivity contribution is 0.344. The van der Waals surface area contributed by atoms with Gasteiger partial charge in [-0.1, -0.05) is 38.5 Å². The minimum atomic E-state index is -0.176. The molecule has 2 fully saturated rings. The molecule has 2 aliphatic rings. The summed E-state index contributed by atoms with van der Waals surface area (Å²) in [5.41, 5.74) is -0.679. The second-order valence-electron chi connectivity index (χ2n) is 9.58.